The zero-order chi connectivity index (χ0) is 13.2. The number of rotatable bonds is 4. The first-order valence-electron chi connectivity index (χ1n) is 6.28. The molecule has 2 heterocycles. The molecule has 1 saturated carbocycles. The molecule has 0 bridgehead atoms. The van der Waals surface area contributed by atoms with E-state index in [1.165, 1.54) is 24.6 Å². The van der Waals surface area contributed by atoms with Crippen LogP contribution in [0.25, 0.3) is 0 Å². The van der Waals surface area contributed by atoms with Gasteiger partial charge in [0.15, 0.2) is 5.16 Å². The molecule has 0 aromatic carbocycles. The lowest BCUT2D eigenvalue weighted by Crippen LogP contribution is -2.00. The lowest BCUT2D eigenvalue weighted by molar-refractivity contribution is 0.874. The fourth-order valence-corrected chi connectivity index (χ4v) is 2.38. The van der Waals surface area contributed by atoms with Gasteiger partial charge in [0.05, 0.1) is 0 Å². The van der Waals surface area contributed by atoms with Crippen LogP contribution in [-0.4, -0.2) is 27.0 Å². The van der Waals surface area contributed by atoms with Gasteiger partial charge in [0, 0.05) is 31.4 Å². The Labute approximate surface area is 116 Å². The van der Waals surface area contributed by atoms with Crippen LogP contribution in [0.1, 0.15) is 30.1 Å². The van der Waals surface area contributed by atoms with Crippen LogP contribution in [0.5, 0.6) is 0 Å². The minimum absolute atomic E-state index is 0.534. The second kappa shape index (κ2) is 5.13. The molecule has 0 radical (unpaired) electrons. The van der Waals surface area contributed by atoms with Gasteiger partial charge < -0.3 is 5.32 Å². The summed E-state index contributed by atoms with van der Waals surface area (Å²) in [6, 6.07) is 1.93. The highest BCUT2D eigenvalue weighted by molar-refractivity contribution is 7.99. The van der Waals surface area contributed by atoms with Crippen LogP contribution in [0, 0.1) is 6.92 Å². The maximum atomic E-state index is 4.59. The molecule has 1 fully saturated rings. The fraction of sp³-hybridized carbons (Fsp3) is 0.385. The molecule has 19 heavy (non-hydrogen) atoms. The second-order valence-corrected chi connectivity index (χ2v) is 5.61. The van der Waals surface area contributed by atoms with E-state index in [0.29, 0.717) is 11.1 Å². The van der Waals surface area contributed by atoms with Crippen LogP contribution in [-0.2, 0) is 0 Å². The number of hydrogen-bond donors (Lipinski definition) is 1. The van der Waals surface area contributed by atoms with Gasteiger partial charge in [-0.2, -0.15) is 0 Å². The Hall–Kier alpha value is -1.69. The number of aryl methyl sites for hydroxylation is 1. The largest absolute Gasteiger partial charge is 0.373 e. The van der Waals surface area contributed by atoms with Gasteiger partial charge in [0.1, 0.15) is 16.7 Å². The number of anilines is 1. The highest BCUT2D eigenvalue weighted by Crippen LogP contribution is 2.39. The van der Waals surface area contributed by atoms with Gasteiger partial charge in [-0.25, -0.2) is 19.9 Å². The molecule has 5 nitrogen and oxygen atoms in total. The SMILES string of the molecule is CNc1cc(Sc2ncc(C)cn2)nc(C2CC2)n1. The Morgan fingerprint density at radius 1 is 1.21 bits per heavy atom. The monoisotopic (exact) mass is 273 g/mol. The Morgan fingerprint density at radius 3 is 2.58 bits per heavy atom. The third kappa shape index (κ3) is 3.01. The number of nitrogens with one attached hydrogen (secondary N) is 1. The van der Waals surface area contributed by atoms with Gasteiger partial charge in [-0.3, -0.25) is 0 Å². The molecule has 0 amide bonds. The maximum absolute atomic E-state index is 4.59. The van der Waals surface area contributed by atoms with Crippen molar-refractivity contribution in [2.24, 2.45) is 0 Å². The van der Waals surface area contributed by atoms with E-state index in [4.69, 9.17) is 0 Å². The first-order valence-corrected chi connectivity index (χ1v) is 7.09. The van der Waals surface area contributed by atoms with E-state index in [1.807, 2.05) is 32.4 Å². The first kappa shape index (κ1) is 12.3. The average Bonchev–Trinajstić information content (AvgIpc) is 3.25. The lowest BCUT2D eigenvalue weighted by atomic mass is 10.4. The third-order valence-electron chi connectivity index (χ3n) is 2.87. The standard InChI is InChI=1S/C13H15N5S/c1-8-6-15-13(16-7-8)19-11-5-10(14-2)17-12(18-11)9-3-4-9/h5-7,9H,3-4H2,1-2H3,(H,14,17,18). The summed E-state index contributed by atoms with van der Waals surface area (Å²) >= 11 is 1.47. The van der Waals surface area contributed by atoms with Gasteiger partial charge in [0.25, 0.3) is 0 Å². The normalized spacial score (nSPS) is 14.4. The Bertz CT molecular complexity index is 580. The van der Waals surface area contributed by atoms with Crippen molar-refractivity contribution in [3.05, 3.63) is 29.8 Å². The molecule has 0 spiro atoms. The van der Waals surface area contributed by atoms with Crippen LogP contribution in [0.3, 0.4) is 0 Å². The highest BCUT2D eigenvalue weighted by atomic mass is 32.2. The fourth-order valence-electron chi connectivity index (χ4n) is 1.67. The van der Waals surface area contributed by atoms with Crippen LogP contribution >= 0.6 is 11.8 Å². The quantitative estimate of drug-likeness (QED) is 0.682. The molecular weight excluding hydrogens is 258 g/mol. The summed E-state index contributed by atoms with van der Waals surface area (Å²) in [5.41, 5.74) is 1.06. The number of hydrogen-bond acceptors (Lipinski definition) is 6. The van der Waals surface area contributed by atoms with Crippen LogP contribution in [0.15, 0.2) is 28.6 Å². The van der Waals surface area contributed by atoms with Gasteiger partial charge in [-0.05, 0) is 37.1 Å². The van der Waals surface area contributed by atoms with Crippen molar-refractivity contribution < 1.29 is 0 Å². The van der Waals surface area contributed by atoms with Gasteiger partial charge >= 0.3 is 0 Å². The van der Waals surface area contributed by atoms with E-state index >= 15 is 0 Å². The molecule has 1 aliphatic rings. The molecule has 1 N–H and O–H groups in total. The summed E-state index contributed by atoms with van der Waals surface area (Å²) in [5, 5.41) is 4.69. The topological polar surface area (TPSA) is 63.6 Å². The Kier molecular flexibility index (Phi) is 3.33. The van der Waals surface area contributed by atoms with Crippen molar-refractivity contribution >= 4 is 17.6 Å². The zero-order valence-corrected chi connectivity index (χ0v) is 11.7. The zero-order valence-electron chi connectivity index (χ0n) is 10.9. The maximum Gasteiger partial charge on any atom is 0.193 e. The van der Waals surface area contributed by atoms with Crippen molar-refractivity contribution in [3.8, 4) is 0 Å². The number of aromatic nitrogens is 4. The van der Waals surface area contributed by atoms with E-state index in [1.54, 1.807) is 0 Å². The first-order chi connectivity index (χ1) is 9.24. The summed E-state index contributed by atoms with van der Waals surface area (Å²) in [7, 11) is 1.87. The van der Waals surface area contributed by atoms with E-state index in [-0.39, 0.29) is 0 Å². The van der Waals surface area contributed by atoms with Crippen LogP contribution in [0.4, 0.5) is 5.82 Å². The molecule has 2 aromatic heterocycles. The molecule has 1 aliphatic carbocycles. The van der Waals surface area contributed by atoms with E-state index < -0.39 is 0 Å². The summed E-state index contributed by atoms with van der Waals surface area (Å²) in [6.45, 7) is 1.98. The average molecular weight is 273 g/mol. The summed E-state index contributed by atoms with van der Waals surface area (Å²) in [5.74, 6) is 2.32. The number of nitrogens with zero attached hydrogens (tertiary/aromatic N) is 4. The minimum atomic E-state index is 0.534. The molecule has 0 unspecified atom stereocenters. The van der Waals surface area contributed by atoms with Crippen molar-refractivity contribution in [3.63, 3.8) is 0 Å². The Balaban J connectivity index is 1.86. The predicted octanol–water partition coefficient (Wildman–Crippen LogP) is 2.65. The molecular formula is C13H15N5S. The molecule has 6 heteroatoms. The van der Waals surface area contributed by atoms with Crippen molar-refractivity contribution in [2.75, 3.05) is 12.4 Å². The summed E-state index contributed by atoms with van der Waals surface area (Å²) in [4.78, 5) is 17.7. The third-order valence-corrected chi connectivity index (χ3v) is 3.68. The van der Waals surface area contributed by atoms with Crippen LogP contribution < -0.4 is 5.32 Å². The summed E-state index contributed by atoms with van der Waals surface area (Å²) < 4.78 is 0. The highest BCUT2D eigenvalue weighted by Gasteiger charge is 2.27. The molecule has 98 valence electrons. The van der Waals surface area contributed by atoms with Gasteiger partial charge in [-0.1, -0.05) is 0 Å². The van der Waals surface area contributed by atoms with Crippen molar-refractivity contribution in [1.29, 1.82) is 0 Å². The van der Waals surface area contributed by atoms with Crippen molar-refractivity contribution in [1.82, 2.24) is 19.9 Å². The molecule has 3 rings (SSSR count). The van der Waals surface area contributed by atoms with E-state index in [9.17, 15) is 0 Å². The van der Waals surface area contributed by atoms with Crippen LogP contribution in [0.2, 0.25) is 0 Å². The van der Waals surface area contributed by atoms with E-state index in [2.05, 4.69) is 25.3 Å². The molecule has 2 aromatic rings. The Morgan fingerprint density at radius 2 is 1.95 bits per heavy atom. The van der Waals surface area contributed by atoms with Crippen molar-refractivity contribution in [2.45, 2.75) is 35.9 Å². The summed E-state index contributed by atoms with van der Waals surface area (Å²) in [6.07, 6.45) is 6.02. The second-order valence-electron chi connectivity index (χ2n) is 4.62. The predicted molar refractivity (Wildman–Crippen MR) is 74.4 cm³/mol. The van der Waals surface area contributed by atoms with E-state index in [0.717, 1.165) is 22.2 Å². The molecule has 0 atom stereocenters. The van der Waals surface area contributed by atoms with Gasteiger partial charge in [0.2, 0.25) is 0 Å². The van der Waals surface area contributed by atoms with Gasteiger partial charge in [-0.15, -0.1) is 0 Å². The molecule has 0 aliphatic heterocycles. The molecule has 0 saturated heterocycles. The smallest absolute Gasteiger partial charge is 0.193 e. The minimum Gasteiger partial charge on any atom is -0.373 e. The lowest BCUT2D eigenvalue weighted by Gasteiger charge is -2.06.